The minimum absolute atomic E-state index is 0.0507. The van der Waals surface area contributed by atoms with E-state index < -0.39 is 0 Å². The van der Waals surface area contributed by atoms with Gasteiger partial charge in [-0.2, -0.15) is 0 Å². The molecule has 0 saturated heterocycles. The summed E-state index contributed by atoms with van der Waals surface area (Å²) in [6.07, 6.45) is 6.17. The molecule has 1 aromatic carbocycles. The van der Waals surface area contributed by atoms with Crippen LogP contribution in [0.15, 0.2) is 18.2 Å². The molecule has 116 valence electrons. The van der Waals surface area contributed by atoms with Crippen LogP contribution in [0.1, 0.15) is 57.6 Å². The van der Waals surface area contributed by atoms with Gasteiger partial charge >= 0.3 is 0 Å². The maximum absolute atomic E-state index is 14.6. The fraction of sp³-hybridized carbons (Fsp3) is 0.667. The van der Waals surface area contributed by atoms with E-state index in [4.69, 9.17) is 0 Å². The Labute approximate surface area is 127 Å². The lowest BCUT2D eigenvalue weighted by molar-refractivity contribution is 0.555. The number of para-hydroxylation sites is 1. The van der Waals surface area contributed by atoms with Gasteiger partial charge in [0.05, 0.1) is 5.69 Å². The first-order valence-electron chi connectivity index (χ1n) is 8.49. The Kier molecular flexibility index (Phi) is 4.48. The van der Waals surface area contributed by atoms with Gasteiger partial charge < -0.3 is 10.2 Å². The van der Waals surface area contributed by atoms with E-state index >= 15 is 0 Å². The second-order valence-corrected chi connectivity index (χ2v) is 6.68. The number of rotatable bonds is 8. The standard InChI is InChI=1S/C18H27FN2/c1-3-11-20-13(2)16-5-4-6-17(19)18(16)21(15-9-10-15)12-14-7-8-14/h4-6,13-15,20H,3,7-12H2,1-2H3. The second kappa shape index (κ2) is 6.35. The number of nitrogens with zero attached hydrogens (tertiary/aromatic N) is 1. The van der Waals surface area contributed by atoms with Crippen molar-refractivity contribution in [2.75, 3.05) is 18.0 Å². The molecule has 21 heavy (non-hydrogen) atoms. The van der Waals surface area contributed by atoms with Crippen molar-refractivity contribution in [3.63, 3.8) is 0 Å². The molecule has 2 fully saturated rings. The third-order valence-electron chi connectivity index (χ3n) is 4.61. The molecular weight excluding hydrogens is 263 g/mol. The number of nitrogens with one attached hydrogen (secondary N) is 1. The maximum atomic E-state index is 14.6. The van der Waals surface area contributed by atoms with Gasteiger partial charge in [0, 0.05) is 18.6 Å². The monoisotopic (exact) mass is 290 g/mol. The maximum Gasteiger partial charge on any atom is 0.146 e. The van der Waals surface area contributed by atoms with Crippen LogP contribution in [0.5, 0.6) is 0 Å². The van der Waals surface area contributed by atoms with Crippen LogP contribution in [0.4, 0.5) is 10.1 Å². The van der Waals surface area contributed by atoms with E-state index in [1.165, 1.54) is 25.7 Å². The van der Waals surface area contributed by atoms with Crippen molar-refractivity contribution in [3.8, 4) is 0 Å². The molecule has 1 N–H and O–H groups in total. The van der Waals surface area contributed by atoms with Crippen molar-refractivity contribution in [1.29, 1.82) is 0 Å². The molecule has 0 aromatic heterocycles. The summed E-state index contributed by atoms with van der Waals surface area (Å²) >= 11 is 0. The fourth-order valence-corrected chi connectivity index (χ4v) is 3.04. The van der Waals surface area contributed by atoms with E-state index in [1.807, 2.05) is 6.07 Å². The van der Waals surface area contributed by atoms with E-state index in [2.05, 4.69) is 30.1 Å². The highest BCUT2D eigenvalue weighted by atomic mass is 19.1. The molecule has 2 aliphatic rings. The molecular formula is C18H27FN2. The summed E-state index contributed by atoms with van der Waals surface area (Å²) in [7, 11) is 0. The molecule has 2 nitrogen and oxygen atoms in total. The zero-order valence-electron chi connectivity index (χ0n) is 13.2. The quantitative estimate of drug-likeness (QED) is 0.769. The van der Waals surface area contributed by atoms with Crippen LogP contribution in [0.2, 0.25) is 0 Å². The first kappa shape index (κ1) is 14.8. The second-order valence-electron chi connectivity index (χ2n) is 6.68. The lowest BCUT2D eigenvalue weighted by Gasteiger charge is -2.30. The van der Waals surface area contributed by atoms with Crippen molar-refractivity contribution in [1.82, 2.24) is 5.32 Å². The minimum Gasteiger partial charge on any atom is -0.366 e. The van der Waals surface area contributed by atoms with E-state index in [1.54, 1.807) is 6.07 Å². The first-order valence-corrected chi connectivity index (χ1v) is 8.49. The van der Waals surface area contributed by atoms with Gasteiger partial charge in [0.2, 0.25) is 0 Å². The van der Waals surface area contributed by atoms with Crippen LogP contribution >= 0.6 is 0 Å². The lowest BCUT2D eigenvalue weighted by atomic mass is 10.0. The molecule has 0 spiro atoms. The predicted octanol–water partition coefficient (Wildman–Crippen LogP) is 4.27. The predicted molar refractivity (Wildman–Crippen MR) is 86.2 cm³/mol. The summed E-state index contributed by atoms with van der Waals surface area (Å²) < 4.78 is 14.6. The topological polar surface area (TPSA) is 15.3 Å². The van der Waals surface area contributed by atoms with Crippen molar-refractivity contribution in [2.45, 2.75) is 58.0 Å². The minimum atomic E-state index is -0.0507. The smallest absolute Gasteiger partial charge is 0.146 e. The van der Waals surface area contributed by atoms with Gasteiger partial charge in [0.15, 0.2) is 0 Å². The average molecular weight is 290 g/mol. The Hall–Kier alpha value is -1.09. The fourth-order valence-electron chi connectivity index (χ4n) is 3.04. The average Bonchev–Trinajstić information content (AvgIpc) is 3.36. The van der Waals surface area contributed by atoms with Gasteiger partial charge in [-0.1, -0.05) is 19.1 Å². The van der Waals surface area contributed by atoms with Crippen molar-refractivity contribution < 1.29 is 4.39 Å². The van der Waals surface area contributed by atoms with Crippen LogP contribution in [0.25, 0.3) is 0 Å². The molecule has 3 rings (SSSR count). The van der Waals surface area contributed by atoms with Gasteiger partial charge in [-0.3, -0.25) is 0 Å². The highest BCUT2D eigenvalue weighted by Crippen LogP contribution is 2.41. The normalized spacial score (nSPS) is 19.6. The molecule has 1 atom stereocenters. The van der Waals surface area contributed by atoms with Crippen molar-refractivity contribution in [2.24, 2.45) is 5.92 Å². The number of hydrogen-bond acceptors (Lipinski definition) is 2. The van der Waals surface area contributed by atoms with Crippen molar-refractivity contribution in [3.05, 3.63) is 29.6 Å². The number of hydrogen-bond donors (Lipinski definition) is 1. The molecule has 2 saturated carbocycles. The summed E-state index contributed by atoms with van der Waals surface area (Å²) in [5, 5.41) is 3.51. The third kappa shape index (κ3) is 3.57. The summed E-state index contributed by atoms with van der Waals surface area (Å²) in [5.74, 6) is 0.738. The SMILES string of the molecule is CCCNC(C)c1cccc(F)c1N(CC1CC1)C1CC1. The molecule has 1 aromatic rings. The molecule has 0 amide bonds. The first-order chi connectivity index (χ1) is 10.2. The van der Waals surface area contributed by atoms with Gasteiger partial charge in [0.25, 0.3) is 0 Å². The molecule has 1 unspecified atom stereocenters. The summed E-state index contributed by atoms with van der Waals surface area (Å²) in [4.78, 5) is 2.37. The zero-order chi connectivity index (χ0) is 14.8. The number of benzene rings is 1. The molecule has 0 aliphatic heterocycles. The van der Waals surface area contributed by atoms with E-state index in [0.29, 0.717) is 6.04 Å². The van der Waals surface area contributed by atoms with E-state index in [0.717, 1.165) is 36.7 Å². The molecule has 0 bridgehead atoms. The number of anilines is 1. The van der Waals surface area contributed by atoms with Crippen LogP contribution < -0.4 is 10.2 Å². The Bertz CT molecular complexity index is 480. The lowest BCUT2D eigenvalue weighted by Crippen LogP contribution is -2.31. The van der Waals surface area contributed by atoms with Crippen LogP contribution in [-0.2, 0) is 0 Å². The zero-order valence-corrected chi connectivity index (χ0v) is 13.2. The largest absolute Gasteiger partial charge is 0.366 e. The highest BCUT2D eigenvalue weighted by molar-refractivity contribution is 5.58. The molecule has 0 radical (unpaired) electrons. The summed E-state index contributed by atoms with van der Waals surface area (Å²) in [6.45, 7) is 6.33. The van der Waals surface area contributed by atoms with E-state index in [9.17, 15) is 4.39 Å². The van der Waals surface area contributed by atoms with E-state index in [-0.39, 0.29) is 11.9 Å². The van der Waals surface area contributed by atoms with Gasteiger partial charge in [-0.15, -0.1) is 0 Å². The highest BCUT2D eigenvalue weighted by Gasteiger charge is 2.36. The van der Waals surface area contributed by atoms with Crippen molar-refractivity contribution >= 4 is 5.69 Å². The number of halogens is 1. The summed E-state index contributed by atoms with van der Waals surface area (Å²) in [6, 6.07) is 6.33. The Balaban J connectivity index is 1.86. The molecule has 3 heteroatoms. The Morgan fingerprint density at radius 1 is 1.29 bits per heavy atom. The molecule has 2 aliphatic carbocycles. The van der Waals surface area contributed by atoms with Gasteiger partial charge in [-0.05, 0) is 63.1 Å². The van der Waals surface area contributed by atoms with Crippen LogP contribution in [-0.4, -0.2) is 19.1 Å². The van der Waals surface area contributed by atoms with Crippen LogP contribution in [0, 0.1) is 11.7 Å². The summed E-state index contributed by atoms with van der Waals surface area (Å²) in [5.41, 5.74) is 1.99. The molecule has 0 heterocycles. The Morgan fingerprint density at radius 2 is 2.05 bits per heavy atom. The Morgan fingerprint density at radius 3 is 2.67 bits per heavy atom. The van der Waals surface area contributed by atoms with Gasteiger partial charge in [0.1, 0.15) is 5.82 Å². The van der Waals surface area contributed by atoms with Crippen LogP contribution in [0.3, 0.4) is 0 Å². The van der Waals surface area contributed by atoms with Gasteiger partial charge in [-0.25, -0.2) is 4.39 Å². The third-order valence-corrected chi connectivity index (χ3v) is 4.61.